The van der Waals surface area contributed by atoms with Gasteiger partial charge in [-0.3, -0.25) is 4.79 Å². The first kappa shape index (κ1) is 26.3. The summed E-state index contributed by atoms with van der Waals surface area (Å²) in [7, 11) is 1.68. The molecule has 1 aromatic carbocycles. The molecule has 1 aromatic rings. The molecule has 0 aromatic heterocycles. The molecule has 1 saturated heterocycles. The van der Waals surface area contributed by atoms with Gasteiger partial charge in [0.15, 0.2) is 6.10 Å². The van der Waals surface area contributed by atoms with Crippen molar-refractivity contribution in [2.75, 3.05) is 40.0 Å². The number of morpholine rings is 1. The number of nitrogens with zero attached hydrogens (tertiary/aromatic N) is 2. The molecule has 2 fully saturated rings. The third-order valence-electron chi connectivity index (χ3n) is 5.92. The third-order valence-corrected chi connectivity index (χ3v) is 5.92. The van der Waals surface area contributed by atoms with Crippen molar-refractivity contribution in [3.05, 3.63) is 29.3 Å². The van der Waals surface area contributed by atoms with E-state index in [-0.39, 0.29) is 24.5 Å². The molecule has 1 aliphatic heterocycles. The van der Waals surface area contributed by atoms with Crippen molar-refractivity contribution in [1.82, 2.24) is 9.80 Å². The highest BCUT2D eigenvalue weighted by atomic mass is 16.6. The lowest BCUT2D eigenvalue weighted by molar-refractivity contribution is -0.151. The van der Waals surface area contributed by atoms with E-state index in [0.717, 1.165) is 36.1 Å². The SMILES string of the molecule is COCCCOc1cc(C)cc(C(C)N(C(=O)[C@H]2CN(C(=O)OC(C)(C)C)CCO2)C2CC2)c1. The summed E-state index contributed by atoms with van der Waals surface area (Å²) in [5.41, 5.74) is 1.53. The number of carbonyl (C=O) groups excluding carboxylic acids is 2. The molecule has 1 aliphatic carbocycles. The molecule has 2 aliphatic rings. The second-order valence-corrected chi connectivity index (χ2v) is 10.2. The van der Waals surface area contributed by atoms with Crippen molar-refractivity contribution in [3.8, 4) is 5.75 Å². The monoisotopic (exact) mass is 476 g/mol. The highest BCUT2D eigenvalue weighted by molar-refractivity contribution is 5.83. The van der Waals surface area contributed by atoms with E-state index >= 15 is 0 Å². The topological polar surface area (TPSA) is 77.5 Å². The summed E-state index contributed by atoms with van der Waals surface area (Å²) < 4.78 is 22.4. The number of ether oxygens (including phenoxy) is 4. The van der Waals surface area contributed by atoms with E-state index in [1.807, 2.05) is 51.7 Å². The van der Waals surface area contributed by atoms with Crippen LogP contribution in [0.1, 0.15) is 64.1 Å². The van der Waals surface area contributed by atoms with Crippen LogP contribution in [0.15, 0.2) is 18.2 Å². The number of aryl methyl sites for hydroxylation is 1. The number of hydrogen-bond acceptors (Lipinski definition) is 6. The minimum Gasteiger partial charge on any atom is -0.493 e. The molecule has 1 heterocycles. The molecule has 8 nitrogen and oxygen atoms in total. The lowest BCUT2D eigenvalue weighted by Gasteiger charge is -2.38. The van der Waals surface area contributed by atoms with Crippen LogP contribution >= 0.6 is 0 Å². The Morgan fingerprint density at radius 3 is 2.59 bits per heavy atom. The van der Waals surface area contributed by atoms with Gasteiger partial charge in [-0.1, -0.05) is 6.07 Å². The Morgan fingerprint density at radius 2 is 1.94 bits per heavy atom. The Labute approximate surface area is 203 Å². The number of rotatable bonds is 9. The molecule has 8 heteroatoms. The molecule has 0 bridgehead atoms. The lowest BCUT2D eigenvalue weighted by Crippen LogP contribution is -2.54. The Hall–Kier alpha value is -2.32. The largest absolute Gasteiger partial charge is 0.493 e. The average Bonchev–Trinajstić information content (AvgIpc) is 3.60. The molecule has 34 heavy (non-hydrogen) atoms. The second-order valence-electron chi connectivity index (χ2n) is 10.2. The molecular formula is C26H40N2O6. The molecule has 3 rings (SSSR count). The van der Waals surface area contributed by atoms with Crippen LogP contribution in [0.25, 0.3) is 0 Å². The van der Waals surface area contributed by atoms with E-state index in [1.165, 1.54) is 0 Å². The van der Waals surface area contributed by atoms with Crippen LogP contribution in [-0.4, -0.2) is 79.6 Å². The van der Waals surface area contributed by atoms with Crippen LogP contribution in [0.3, 0.4) is 0 Å². The fraction of sp³-hybridized carbons (Fsp3) is 0.692. The molecule has 2 atom stereocenters. The summed E-state index contributed by atoms with van der Waals surface area (Å²) in [6, 6.07) is 6.18. The van der Waals surface area contributed by atoms with E-state index in [2.05, 4.69) is 6.07 Å². The maximum absolute atomic E-state index is 13.6. The van der Waals surface area contributed by atoms with Crippen molar-refractivity contribution in [1.29, 1.82) is 0 Å². The highest BCUT2D eigenvalue weighted by Gasteiger charge is 2.42. The number of carbonyl (C=O) groups is 2. The first-order valence-corrected chi connectivity index (χ1v) is 12.2. The van der Waals surface area contributed by atoms with Crippen LogP contribution in [0.4, 0.5) is 4.79 Å². The fourth-order valence-corrected chi connectivity index (χ4v) is 4.15. The zero-order chi connectivity index (χ0) is 24.9. The molecule has 190 valence electrons. The molecule has 2 amide bonds. The number of amides is 2. The van der Waals surface area contributed by atoms with Crippen LogP contribution in [0, 0.1) is 6.92 Å². The smallest absolute Gasteiger partial charge is 0.410 e. The molecule has 0 N–H and O–H groups in total. The molecular weight excluding hydrogens is 436 g/mol. The quantitative estimate of drug-likeness (QED) is 0.500. The first-order chi connectivity index (χ1) is 16.1. The zero-order valence-corrected chi connectivity index (χ0v) is 21.5. The average molecular weight is 477 g/mol. The summed E-state index contributed by atoms with van der Waals surface area (Å²) in [4.78, 5) is 29.7. The summed E-state index contributed by atoms with van der Waals surface area (Å²) in [6.07, 6.45) is 1.66. The zero-order valence-electron chi connectivity index (χ0n) is 21.5. The summed E-state index contributed by atoms with van der Waals surface area (Å²) in [5, 5.41) is 0. The van der Waals surface area contributed by atoms with Gasteiger partial charge in [0.2, 0.25) is 0 Å². The van der Waals surface area contributed by atoms with Crippen LogP contribution in [-0.2, 0) is 19.0 Å². The third kappa shape index (κ3) is 7.34. The van der Waals surface area contributed by atoms with Gasteiger partial charge in [0.1, 0.15) is 11.4 Å². The number of benzene rings is 1. The van der Waals surface area contributed by atoms with Crippen LogP contribution < -0.4 is 4.74 Å². The molecule has 0 radical (unpaired) electrons. The van der Waals surface area contributed by atoms with E-state index in [0.29, 0.717) is 26.4 Å². The Kier molecular flexibility index (Phi) is 8.82. The maximum atomic E-state index is 13.6. The van der Waals surface area contributed by atoms with Gasteiger partial charge in [-0.05, 0) is 70.7 Å². The normalized spacial score (nSPS) is 19.5. The predicted octanol–water partition coefficient (Wildman–Crippen LogP) is 4.10. The van der Waals surface area contributed by atoms with E-state index in [9.17, 15) is 9.59 Å². The summed E-state index contributed by atoms with van der Waals surface area (Å²) in [5.74, 6) is 0.721. The van der Waals surface area contributed by atoms with Gasteiger partial charge >= 0.3 is 6.09 Å². The Balaban J connectivity index is 1.71. The standard InChI is InChI=1S/C26H40N2O6/c1-18-14-20(16-22(15-18)32-12-7-11-31-6)19(2)28(21-8-9-21)24(29)23-17-27(10-13-33-23)25(30)34-26(3,4)5/h14-16,19,21,23H,7-13,17H2,1-6H3/t19?,23-/m1/s1. The van der Waals surface area contributed by atoms with Gasteiger partial charge in [-0.25, -0.2) is 4.79 Å². The number of methoxy groups -OCH3 is 1. The van der Waals surface area contributed by atoms with Crippen molar-refractivity contribution < 1.29 is 28.5 Å². The first-order valence-electron chi connectivity index (χ1n) is 12.2. The Bertz CT molecular complexity index is 848. The van der Waals surface area contributed by atoms with Gasteiger partial charge in [-0.2, -0.15) is 0 Å². The summed E-state index contributed by atoms with van der Waals surface area (Å²) in [6.45, 7) is 11.7. The van der Waals surface area contributed by atoms with Crippen molar-refractivity contribution in [3.63, 3.8) is 0 Å². The van der Waals surface area contributed by atoms with Crippen molar-refractivity contribution in [2.45, 2.75) is 77.7 Å². The second kappa shape index (κ2) is 11.4. The minimum absolute atomic E-state index is 0.0765. The van der Waals surface area contributed by atoms with Crippen molar-refractivity contribution >= 4 is 12.0 Å². The van der Waals surface area contributed by atoms with Crippen molar-refractivity contribution in [2.24, 2.45) is 0 Å². The lowest BCUT2D eigenvalue weighted by atomic mass is 10.0. The summed E-state index contributed by atoms with van der Waals surface area (Å²) >= 11 is 0. The molecule has 0 spiro atoms. The van der Waals surface area contributed by atoms with Gasteiger partial charge in [0.25, 0.3) is 5.91 Å². The molecule has 1 saturated carbocycles. The van der Waals surface area contributed by atoms with Gasteiger partial charge in [0, 0.05) is 32.7 Å². The van der Waals surface area contributed by atoms with Gasteiger partial charge < -0.3 is 28.7 Å². The minimum atomic E-state index is -0.695. The fourth-order valence-electron chi connectivity index (χ4n) is 4.15. The van der Waals surface area contributed by atoms with Crippen LogP contribution in [0.5, 0.6) is 5.75 Å². The van der Waals surface area contributed by atoms with E-state index in [1.54, 1.807) is 12.0 Å². The van der Waals surface area contributed by atoms with E-state index < -0.39 is 17.8 Å². The van der Waals surface area contributed by atoms with Gasteiger partial charge in [0.05, 0.1) is 25.8 Å². The van der Waals surface area contributed by atoms with Gasteiger partial charge in [-0.15, -0.1) is 0 Å². The predicted molar refractivity (Wildman–Crippen MR) is 129 cm³/mol. The molecule has 1 unspecified atom stereocenters. The highest BCUT2D eigenvalue weighted by Crippen LogP contribution is 2.36. The number of hydrogen-bond donors (Lipinski definition) is 0. The van der Waals surface area contributed by atoms with E-state index in [4.69, 9.17) is 18.9 Å². The van der Waals surface area contributed by atoms with Crippen LogP contribution in [0.2, 0.25) is 0 Å². The maximum Gasteiger partial charge on any atom is 0.410 e. The Morgan fingerprint density at radius 1 is 1.21 bits per heavy atom.